The number of aromatic nitrogens is 2. The number of hydrogen-bond donors (Lipinski definition) is 1. The minimum Gasteiger partial charge on any atom is -0.469 e. The van der Waals surface area contributed by atoms with E-state index in [9.17, 15) is 4.79 Å². The van der Waals surface area contributed by atoms with Crippen LogP contribution < -0.4 is 5.32 Å². The lowest BCUT2D eigenvalue weighted by Gasteiger charge is -2.02. The highest BCUT2D eigenvalue weighted by atomic mass is 32.1. The maximum Gasteiger partial charge on any atom is 0.305 e. The molecule has 0 aliphatic carbocycles. The van der Waals surface area contributed by atoms with Crippen LogP contribution in [0.5, 0.6) is 0 Å². The maximum absolute atomic E-state index is 11.5. The number of esters is 1. The van der Waals surface area contributed by atoms with Crippen molar-refractivity contribution in [2.75, 3.05) is 12.4 Å². The molecule has 1 N–H and O–H groups in total. The largest absolute Gasteiger partial charge is 0.469 e. The third-order valence-corrected chi connectivity index (χ3v) is 4.73. The number of carbonyl (C=O) groups is 1. The monoisotopic (exact) mass is 383 g/mol. The van der Waals surface area contributed by atoms with E-state index in [-0.39, 0.29) is 5.97 Å². The molecule has 5 nitrogen and oxygen atoms in total. The van der Waals surface area contributed by atoms with Crippen molar-refractivity contribution in [1.29, 1.82) is 0 Å². The Morgan fingerprint density at radius 1 is 1.19 bits per heavy atom. The van der Waals surface area contributed by atoms with E-state index in [2.05, 4.69) is 29.4 Å². The van der Waals surface area contributed by atoms with Crippen molar-refractivity contribution in [3.8, 4) is 11.3 Å². The molecular formula is C21H25N3O2S. The summed E-state index contributed by atoms with van der Waals surface area (Å²) in [5, 5.41) is 4.16. The molecule has 0 atom stereocenters. The molecule has 0 spiro atoms. The Balaban J connectivity index is 0.00000126. The second-order valence-corrected chi connectivity index (χ2v) is 6.68. The van der Waals surface area contributed by atoms with Gasteiger partial charge in [0.15, 0.2) is 5.13 Å². The van der Waals surface area contributed by atoms with Crippen LogP contribution in [-0.4, -0.2) is 23.0 Å². The van der Waals surface area contributed by atoms with Gasteiger partial charge in [0.05, 0.1) is 19.2 Å². The summed E-state index contributed by atoms with van der Waals surface area (Å²) in [6.07, 6.45) is 4.41. The van der Waals surface area contributed by atoms with Gasteiger partial charge in [0.1, 0.15) is 0 Å². The van der Waals surface area contributed by atoms with Crippen LogP contribution in [0.15, 0.2) is 48.8 Å². The highest BCUT2D eigenvalue weighted by Gasteiger charge is 2.15. The minimum absolute atomic E-state index is 0.220. The lowest BCUT2D eigenvalue weighted by molar-refractivity contribution is -0.140. The number of hydrogen-bond acceptors (Lipinski definition) is 6. The number of benzene rings is 1. The number of pyridine rings is 1. The van der Waals surface area contributed by atoms with Gasteiger partial charge in [-0.05, 0) is 43.2 Å². The van der Waals surface area contributed by atoms with Gasteiger partial charge in [-0.25, -0.2) is 4.98 Å². The molecule has 0 unspecified atom stereocenters. The SMILES string of the molecule is CC.COC(=O)CCc1sc(Nc2cccc(C)c2)nc1-c1ccncc1. The molecule has 0 aliphatic heterocycles. The highest BCUT2D eigenvalue weighted by Crippen LogP contribution is 2.33. The van der Waals surface area contributed by atoms with Crippen LogP contribution in [0.1, 0.15) is 30.7 Å². The maximum atomic E-state index is 11.5. The summed E-state index contributed by atoms with van der Waals surface area (Å²) in [6.45, 7) is 6.05. The molecule has 6 heteroatoms. The Bertz CT molecular complexity index is 863. The molecule has 2 aromatic heterocycles. The fourth-order valence-electron chi connectivity index (χ4n) is 2.47. The van der Waals surface area contributed by atoms with Crippen LogP contribution in [-0.2, 0) is 16.0 Å². The fraction of sp³-hybridized carbons (Fsp3) is 0.286. The predicted octanol–water partition coefficient (Wildman–Crippen LogP) is 5.39. The molecule has 142 valence electrons. The standard InChI is InChI=1S/C19H19N3O2S.C2H6/c1-13-4-3-5-15(12-13)21-19-22-18(14-8-10-20-11-9-14)16(25-19)6-7-17(23)24-2;1-2/h3-5,8-12H,6-7H2,1-2H3,(H,21,22);1-2H3. The van der Waals surface area contributed by atoms with Gasteiger partial charge in [0.2, 0.25) is 0 Å². The predicted molar refractivity (Wildman–Crippen MR) is 111 cm³/mol. The van der Waals surface area contributed by atoms with E-state index in [1.807, 2.05) is 38.1 Å². The van der Waals surface area contributed by atoms with Gasteiger partial charge < -0.3 is 10.1 Å². The Kier molecular flexibility index (Phi) is 7.95. The first-order valence-corrected chi connectivity index (χ1v) is 9.78. The third-order valence-electron chi connectivity index (χ3n) is 3.70. The molecule has 2 heterocycles. The lowest BCUT2D eigenvalue weighted by Crippen LogP contribution is -2.01. The van der Waals surface area contributed by atoms with Crippen LogP contribution in [0.4, 0.5) is 10.8 Å². The Hall–Kier alpha value is -2.73. The average molecular weight is 384 g/mol. The van der Waals surface area contributed by atoms with Gasteiger partial charge >= 0.3 is 5.97 Å². The van der Waals surface area contributed by atoms with E-state index >= 15 is 0 Å². The molecule has 27 heavy (non-hydrogen) atoms. The molecule has 0 saturated carbocycles. The average Bonchev–Trinajstić information content (AvgIpc) is 3.11. The number of anilines is 2. The summed E-state index contributed by atoms with van der Waals surface area (Å²) in [6, 6.07) is 12.0. The number of methoxy groups -OCH3 is 1. The Morgan fingerprint density at radius 2 is 1.93 bits per heavy atom. The number of nitrogens with one attached hydrogen (secondary N) is 1. The van der Waals surface area contributed by atoms with E-state index < -0.39 is 0 Å². The van der Waals surface area contributed by atoms with E-state index in [0.717, 1.165) is 27.0 Å². The summed E-state index contributed by atoms with van der Waals surface area (Å²) in [4.78, 5) is 21.3. The van der Waals surface area contributed by atoms with Gasteiger partial charge in [0, 0.05) is 28.5 Å². The van der Waals surface area contributed by atoms with Gasteiger partial charge in [-0.1, -0.05) is 26.0 Å². The van der Waals surface area contributed by atoms with Gasteiger partial charge in [0.25, 0.3) is 0 Å². The minimum atomic E-state index is -0.220. The molecule has 0 fully saturated rings. The molecule has 0 amide bonds. The first-order chi connectivity index (χ1) is 13.2. The number of thiazole rings is 1. The number of nitrogens with zero attached hydrogens (tertiary/aromatic N) is 2. The van der Waals surface area contributed by atoms with Crippen LogP contribution in [0.2, 0.25) is 0 Å². The zero-order chi connectivity index (χ0) is 19.6. The second kappa shape index (κ2) is 10.4. The molecule has 1 aromatic carbocycles. The molecule has 0 bridgehead atoms. The molecular weight excluding hydrogens is 358 g/mol. The van der Waals surface area contributed by atoms with E-state index in [4.69, 9.17) is 9.72 Å². The first kappa shape index (κ1) is 20.6. The van der Waals surface area contributed by atoms with Crippen molar-refractivity contribution < 1.29 is 9.53 Å². The van der Waals surface area contributed by atoms with Crippen molar-refractivity contribution in [3.63, 3.8) is 0 Å². The number of ether oxygens (including phenoxy) is 1. The molecule has 3 rings (SSSR count). The van der Waals surface area contributed by atoms with Crippen LogP contribution >= 0.6 is 11.3 Å². The normalized spacial score (nSPS) is 9.93. The second-order valence-electron chi connectivity index (χ2n) is 5.60. The fourth-order valence-corrected chi connectivity index (χ4v) is 3.48. The first-order valence-electron chi connectivity index (χ1n) is 8.96. The van der Waals surface area contributed by atoms with Crippen molar-refractivity contribution in [1.82, 2.24) is 9.97 Å². The van der Waals surface area contributed by atoms with Crippen molar-refractivity contribution >= 4 is 28.1 Å². The summed E-state index contributed by atoms with van der Waals surface area (Å²) >= 11 is 1.56. The van der Waals surface area contributed by atoms with Gasteiger partial charge in [-0.15, -0.1) is 11.3 Å². The summed E-state index contributed by atoms with van der Waals surface area (Å²) in [5.41, 5.74) is 4.05. The highest BCUT2D eigenvalue weighted by molar-refractivity contribution is 7.16. The van der Waals surface area contributed by atoms with Crippen LogP contribution in [0, 0.1) is 6.92 Å². The van der Waals surface area contributed by atoms with Crippen LogP contribution in [0.25, 0.3) is 11.3 Å². The van der Waals surface area contributed by atoms with Crippen LogP contribution in [0.3, 0.4) is 0 Å². The quantitative estimate of drug-likeness (QED) is 0.578. The third kappa shape index (κ3) is 5.89. The summed E-state index contributed by atoms with van der Waals surface area (Å²) in [5.74, 6) is -0.220. The van der Waals surface area contributed by atoms with E-state index in [1.54, 1.807) is 23.7 Å². The van der Waals surface area contributed by atoms with Gasteiger partial charge in [-0.3, -0.25) is 9.78 Å². The number of aryl methyl sites for hydroxylation is 2. The van der Waals surface area contributed by atoms with Crippen molar-refractivity contribution in [2.45, 2.75) is 33.6 Å². The lowest BCUT2D eigenvalue weighted by atomic mass is 10.1. The number of rotatable bonds is 6. The Morgan fingerprint density at radius 3 is 2.59 bits per heavy atom. The summed E-state index contributed by atoms with van der Waals surface area (Å²) < 4.78 is 4.75. The zero-order valence-corrected chi connectivity index (χ0v) is 17.0. The zero-order valence-electron chi connectivity index (χ0n) is 16.2. The summed E-state index contributed by atoms with van der Waals surface area (Å²) in [7, 11) is 1.41. The molecule has 3 aromatic rings. The van der Waals surface area contributed by atoms with Gasteiger partial charge in [-0.2, -0.15) is 0 Å². The van der Waals surface area contributed by atoms with Crippen molar-refractivity contribution in [2.24, 2.45) is 0 Å². The van der Waals surface area contributed by atoms with E-state index in [0.29, 0.717) is 12.8 Å². The van der Waals surface area contributed by atoms with Crippen molar-refractivity contribution in [3.05, 3.63) is 59.2 Å². The smallest absolute Gasteiger partial charge is 0.305 e. The van der Waals surface area contributed by atoms with E-state index in [1.165, 1.54) is 12.7 Å². The Labute approximate surface area is 164 Å². The molecule has 0 aliphatic rings. The molecule has 0 saturated heterocycles. The number of carbonyl (C=O) groups excluding carboxylic acids is 1. The molecule has 0 radical (unpaired) electrons. The topological polar surface area (TPSA) is 64.1 Å².